The quantitative estimate of drug-likeness (QED) is 0.409. The number of allylic oxidation sites excluding steroid dienone is 5. The first-order valence-corrected chi connectivity index (χ1v) is 9.21. The van der Waals surface area contributed by atoms with Crippen LogP contribution in [0.5, 0.6) is 0 Å². The maximum Gasteiger partial charge on any atom is 0.416 e. The number of hydrogen-bond acceptors (Lipinski definition) is 1. The van der Waals surface area contributed by atoms with Gasteiger partial charge in [0.05, 0.1) is 16.8 Å². The normalized spacial score (nSPS) is 12.0. The number of nitrogens with zero attached hydrogens (tertiary/aromatic N) is 1. The first kappa shape index (κ1) is 22.2. The van der Waals surface area contributed by atoms with Gasteiger partial charge in [-0.2, -0.15) is 13.2 Å². The summed E-state index contributed by atoms with van der Waals surface area (Å²) in [6, 6.07) is 16.4. The molecule has 0 N–H and O–H groups in total. The molecule has 3 rings (SSSR count). The first-order chi connectivity index (χ1) is 13.7. The van der Waals surface area contributed by atoms with E-state index in [2.05, 4.69) is 24.6 Å². The van der Waals surface area contributed by atoms with Crippen LogP contribution in [0.25, 0.3) is 22.2 Å². The lowest BCUT2D eigenvalue weighted by Gasteiger charge is -2.08. The van der Waals surface area contributed by atoms with Crippen molar-refractivity contribution in [3.8, 4) is 11.3 Å². The van der Waals surface area contributed by atoms with Crippen molar-refractivity contribution < 1.29 is 13.2 Å². The van der Waals surface area contributed by atoms with Gasteiger partial charge in [0.1, 0.15) is 0 Å². The fraction of sp³-hybridized carbons (Fsp3) is 0.160. The number of aromatic nitrogens is 1. The molecule has 0 spiro atoms. The van der Waals surface area contributed by atoms with Crippen molar-refractivity contribution >= 4 is 10.9 Å². The van der Waals surface area contributed by atoms with Crippen LogP contribution >= 0.6 is 0 Å². The molecule has 150 valence electrons. The third-order valence-corrected chi connectivity index (χ3v) is 4.32. The summed E-state index contributed by atoms with van der Waals surface area (Å²) >= 11 is 0. The molecule has 4 heteroatoms. The molecule has 1 heterocycles. The molecule has 0 fully saturated rings. The molecule has 0 radical (unpaired) electrons. The van der Waals surface area contributed by atoms with Gasteiger partial charge in [-0.05, 0) is 50.6 Å². The van der Waals surface area contributed by atoms with E-state index < -0.39 is 11.7 Å². The van der Waals surface area contributed by atoms with Gasteiger partial charge in [0.15, 0.2) is 0 Å². The van der Waals surface area contributed by atoms with Gasteiger partial charge in [0, 0.05) is 10.9 Å². The Balaban J connectivity index is 0.000000284. The SMILES string of the molecule is C=C(C)/C(C)=C\C=C/C.FC(F)(F)c1ccc(-c2ccc3ccccc3n2)cc1. The van der Waals surface area contributed by atoms with Gasteiger partial charge in [-0.3, -0.25) is 0 Å². The van der Waals surface area contributed by atoms with Gasteiger partial charge in [0.25, 0.3) is 0 Å². The largest absolute Gasteiger partial charge is 0.416 e. The van der Waals surface area contributed by atoms with Crippen molar-refractivity contribution in [3.63, 3.8) is 0 Å². The molecule has 0 aliphatic rings. The summed E-state index contributed by atoms with van der Waals surface area (Å²) in [5.41, 5.74) is 3.88. The fourth-order valence-electron chi connectivity index (χ4n) is 2.44. The lowest BCUT2D eigenvalue weighted by atomic mass is 10.1. The molecule has 0 amide bonds. The monoisotopic (exact) mass is 395 g/mol. The number of benzene rings is 2. The molecular formula is C25H24F3N. The summed E-state index contributed by atoms with van der Waals surface area (Å²) in [4.78, 5) is 4.46. The Bertz CT molecular complexity index is 1030. The number of pyridine rings is 1. The number of fused-ring (bicyclic) bond motifs is 1. The van der Waals surface area contributed by atoms with Crippen molar-refractivity contribution in [1.82, 2.24) is 4.98 Å². The minimum atomic E-state index is -4.31. The van der Waals surface area contributed by atoms with Gasteiger partial charge in [-0.1, -0.05) is 66.8 Å². The van der Waals surface area contributed by atoms with Crippen LogP contribution in [0.1, 0.15) is 26.3 Å². The van der Waals surface area contributed by atoms with Crippen LogP contribution < -0.4 is 0 Å². The van der Waals surface area contributed by atoms with E-state index in [-0.39, 0.29) is 0 Å². The third kappa shape index (κ3) is 6.46. The van der Waals surface area contributed by atoms with Gasteiger partial charge in [-0.25, -0.2) is 4.98 Å². The highest BCUT2D eigenvalue weighted by atomic mass is 19.4. The lowest BCUT2D eigenvalue weighted by Crippen LogP contribution is -2.04. The van der Waals surface area contributed by atoms with Crippen LogP contribution in [0.3, 0.4) is 0 Å². The predicted molar refractivity (Wildman–Crippen MR) is 116 cm³/mol. The average Bonchev–Trinajstić information content (AvgIpc) is 2.71. The minimum Gasteiger partial charge on any atom is -0.248 e. The standard InChI is InChI=1S/C16H10F3N.C9H14/c17-16(18,19)13-8-5-12(6-9-13)15-10-7-11-3-1-2-4-14(11)20-15;1-5-6-7-9(4)8(2)3/h1-10H;5-7H,2H2,1,3-4H3/b;6-5-,9-7-. The molecule has 29 heavy (non-hydrogen) atoms. The highest BCUT2D eigenvalue weighted by molar-refractivity contribution is 5.81. The van der Waals surface area contributed by atoms with E-state index >= 15 is 0 Å². The summed E-state index contributed by atoms with van der Waals surface area (Å²) in [5, 5.41) is 1.00. The van der Waals surface area contributed by atoms with Crippen LogP contribution in [0.4, 0.5) is 13.2 Å². The number of halogens is 3. The maximum absolute atomic E-state index is 12.5. The van der Waals surface area contributed by atoms with Crippen molar-refractivity contribution in [3.05, 3.63) is 102 Å². The molecule has 0 unspecified atom stereocenters. The van der Waals surface area contributed by atoms with E-state index in [4.69, 9.17) is 0 Å². The highest BCUT2D eigenvalue weighted by Gasteiger charge is 2.29. The summed E-state index contributed by atoms with van der Waals surface area (Å²) in [5.74, 6) is 0. The zero-order valence-electron chi connectivity index (χ0n) is 16.8. The number of alkyl halides is 3. The molecule has 1 nitrogen and oxygen atoms in total. The van der Waals surface area contributed by atoms with Gasteiger partial charge >= 0.3 is 6.18 Å². The second-order valence-electron chi connectivity index (χ2n) is 6.62. The van der Waals surface area contributed by atoms with Gasteiger partial charge in [0.2, 0.25) is 0 Å². The Labute approximate surface area is 169 Å². The number of rotatable bonds is 3. The molecule has 0 aliphatic carbocycles. The zero-order valence-corrected chi connectivity index (χ0v) is 16.8. The number of para-hydroxylation sites is 1. The molecule has 2 aromatic carbocycles. The summed E-state index contributed by atoms with van der Waals surface area (Å²) in [6.07, 6.45) is 1.77. The molecule has 0 saturated carbocycles. The smallest absolute Gasteiger partial charge is 0.248 e. The average molecular weight is 395 g/mol. The molecular weight excluding hydrogens is 371 g/mol. The van der Waals surface area contributed by atoms with Crippen molar-refractivity contribution in [2.24, 2.45) is 0 Å². The van der Waals surface area contributed by atoms with Gasteiger partial charge < -0.3 is 0 Å². The van der Waals surface area contributed by atoms with E-state index in [1.165, 1.54) is 17.7 Å². The van der Waals surface area contributed by atoms with E-state index in [9.17, 15) is 13.2 Å². The molecule has 1 aromatic heterocycles. The summed E-state index contributed by atoms with van der Waals surface area (Å²) in [7, 11) is 0. The van der Waals surface area contributed by atoms with Crippen molar-refractivity contribution in [2.75, 3.05) is 0 Å². The van der Waals surface area contributed by atoms with E-state index in [1.54, 1.807) is 0 Å². The zero-order chi connectivity index (χ0) is 21.4. The Kier molecular flexibility index (Phi) is 7.54. The topological polar surface area (TPSA) is 12.9 Å². The van der Waals surface area contributed by atoms with Crippen LogP contribution in [-0.4, -0.2) is 4.98 Å². The molecule has 0 bridgehead atoms. The highest BCUT2D eigenvalue weighted by Crippen LogP contribution is 2.30. The van der Waals surface area contributed by atoms with Gasteiger partial charge in [-0.15, -0.1) is 0 Å². The molecule has 0 atom stereocenters. The summed E-state index contributed by atoms with van der Waals surface area (Å²) in [6.45, 7) is 9.88. The van der Waals surface area contributed by atoms with E-state index in [0.29, 0.717) is 11.3 Å². The minimum absolute atomic E-state index is 0.651. The van der Waals surface area contributed by atoms with Crippen LogP contribution in [0.15, 0.2) is 96.6 Å². The molecule has 3 aromatic rings. The molecule has 0 aliphatic heterocycles. The second-order valence-corrected chi connectivity index (χ2v) is 6.62. The van der Waals surface area contributed by atoms with E-state index in [0.717, 1.165) is 28.6 Å². The van der Waals surface area contributed by atoms with Crippen LogP contribution in [0, 0.1) is 0 Å². The Morgan fingerprint density at radius 3 is 2.17 bits per heavy atom. The van der Waals surface area contributed by atoms with E-state index in [1.807, 2.05) is 62.4 Å². The molecule has 0 saturated heterocycles. The summed E-state index contributed by atoms with van der Waals surface area (Å²) < 4.78 is 37.5. The van der Waals surface area contributed by atoms with Crippen molar-refractivity contribution in [1.29, 1.82) is 0 Å². The first-order valence-electron chi connectivity index (χ1n) is 9.21. The van der Waals surface area contributed by atoms with Crippen molar-refractivity contribution in [2.45, 2.75) is 26.9 Å². The Morgan fingerprint density at radius 1 is 0.931 bits per heavy atom. The number of hydrogen-bond donors (Lipinski definition) is 0. The third-order valence-electron chi connectivity index (χ3n) is 4.32. The van der Waals surface area contributed by atoms with Crippen LogP contribution in [-0.2, 0) is 6.18 Å². The Hall–Kier alpha value is -3.14. The second kappa shape index (κ2) is 9.87. The fourth-order valence-corrected chi connectivity index (χ4v) is 2.44. The maximum atomic E-state index is 12.5. The Morgan fingerprint density at radius 2 is 1.59 bits per heavy atom. The lowest BCUT2D eigenvalue weighted by molar-refractivity contribution is -0.137. The predicted octanol–water partition coefficient (Wildman–Crippen LogP) is 8.01. The van der Waals surface area contributed by atoms with Crippen LogP contribution in [0.2, 0.25) is 0 Å².